The zero-order valence-electron chi connectivity index (χ0n) is 18.4. The van der Waals surface area contributed by atoms with E-state index in [-0.39, 0.29) is 11.3 Å². The van der Waals surface area contributed by atoms with Crippen molar-refractivity contribution in [2.45, 2.75) is 6.04 Å². The number of methoxy groups -OCH3 is 3. The Morgan fingerprint density at radius 3 is 2.09 bits per heavy atom. The van der Waals surface area contributed by atoms with E-state index >= 15 is 0 Å². The van der Waals surface area contributed by atoms with E-state index in [0.717, 1.165) is 0 Å². The van der Waals surface area contributed by atoms with Gasteiger partial charge in [-0.1, -0.05) is 36.4 Å². The second-order valence-corrected chi connectivity index (χ2v) is 7.35. The predicted octanol–water partition coefficient (Wildman–Crippen LogP) is 4.34. The zero-order valence-corrected chi connectivity index (χ0v) is 18.4. The lowest BCUT2D eigenvalue weighted by molar-refractivity contribution is -0.132. The molecular formula is C26H23NO6. The second kappa shape index (κ2) is 9.08. The van der Waals surface area contributed by atoms with Gasteiger partial charge in [0.2, 0.25) is 0 Å². The minimum Gasteiger partial charge on any atom is -0.507 e. The van der Waals surface area contributed by atoms with Crippen LogP contribution in [0.1, 0.15) is 17.2 Å². The summed E-state index contributed by atoms with van der Waals surface area (Å²) in [6.45, 7) is 0. The Bertz CT molecular complexity index is 1220. The lowest BCUT2D eigenvalue weighted by atomic mass is 9.94. The third-order valence-electron chi connectivity index (χ3n) is 5.57. The summed E-state index contributed by atoms with van der Waals surface area (Å²) in [5.41, 5.74) is 1.51. The standard InChI is InChI=1S/C26H23NO6/c1-31-19-12-10-18(11-13-19)27-23(17-9-14-20(32-2)21(15-17)33-3)22(25(29)26(27)30)24(28)16-7-5-4-6-8-16/h4-15,23,28H,1-3H3/b24-22+/t23-/m0/s1. The summed E-state index contributed by atoms with van der Waals surface area (Å²) in [7, 11) is 4.58. The van der Waals surface area contributed by atoms with Crippen LogP contribution in [0.25, 0.3) is 5.76 Å². The highest BCUT2D eigenvalue weighted by atomic mass is 16.5. The molecule has 1 amide bonds. The number of amides is 1. The number of hydrogen-bond acceptors (Lipinski definition) is 6. The molecule has 33 heavy (non-hydrogen) atoms. The largest absolute Gasteiger partial charge is 0.507 e. The number of ketones is 1. The van der Waals surface area contributed by atoms with E-state index < -0.39 is 17.7 Å². The first kappa shape index (κ1) is 22.0. The number of aliphatic hydroxyl groups excluding tert-OH is 1. The van der Waals surface area contributed by atoms with Gasteiger partial charge in [0.15, 0.2) is 11.5 Å². The average Bonchev–Trinajstić information content (AvgIpc) is 3.13. The fourth-order valence-corrected chi connectivity index (χ4v) is 3.93. The van der Waals surface area contributed by atoms with Crippen LogP contribution >= 0.6 is 0 Å². The summed E-state index contributed by atoms with van der Waals surface area (Å²) in [5.74, 6) is -0.197. The minimum absolute atomic E-state index is 0.00534. The molecule has 1 atom stereocenters. The van der Waals surface area contributed by atoms with Crippen molar-refractivity contribution in [2.75, 3.05) is 26.2 Å². The van der Waals surface area contributed by atoms with Gasteiger partial charge in [0.25, 0.3) is 11.7 Å². The molecule has 0 unspecified atom stereocenters. The highest BCUT2D eigenvalue weighted by Gasteiger charge is 2.47. The van der Waals surface area contributed by atoms with Crippen molar-refractivity contribution in [3.05, 3.63) is 89.5 Å². The van der Waals surface area contributed by atoms with Gasteiger partial charge in [-0.25, -0.2) is 0 Å². The number of carbonyl (C=O) groups is 2. The number of benzene rings is 3. The van der Waals surface area contributed by atoms with Crippen molar-refractivity contribution in [3.8, 4) is 17.2 Å². The molecule has 168 valence electrons. The maximum absolute atomic E-state index is 13.2. The molecule has 1 aliphatic heterocycles. The zero-order chi connectivity index (χ0) is 23.5. The second-order valence-electron chi connectivity index (χ2n) is 7.35. The maximum atomic E-state index is 13.2. The Balaban J connectivity index is 1.94. The number of rotatable bonds is 6. The van der Waals surface area contributed by atoms with Crippen molar-refractivity contribution in [1.29, 1.82) is 0 Å². The Labute approximate surface area is 191 Å². The molecule has 7 heteroatoms. The first-order valence-corrected chi connectivity index (χ1v) is 10.2. The summed E-state index contributed by atoms with van der Waals surface area (Å²) in [5, 5.41) is 11.1. The van der Waals surface area contributed by atoms with Gasteiger partial charge in [0, 0.05) is 11.3 Å². The SMILES string of the molecule is COc1ccc(N2C(=O)C(=O)/C(=C(/O)c3ccccc3)[C@@H]2c2ccc(OC)c(OC)c2)cc1. The fourth-order valence-electron chi connectivity index (χ4n) is 3.93. The number of carbonyl (C=O) groups excluding carboxylic acids is 2. The van der Waals surface area contributed by atoms with Gasteiger partial charge < -0.3 is 19.3 Å². The first-order valence-electron chi connectivity index (χ1n) is 10.2. The van der Waals surface area contributed by atoms with Gasteiger partial charge in [-0.15, -0.1) is 0 Å². The monoisotopic (exact) mass is 445 g/mol. The van der Waals surface area contributed by atoms with Crippen LogP contribution < -0.4 is 19.1 Å². The summed E-state index contributed by atoms with van der Waals surface area (Å²) in [6.07, 6.45) is 0. The van der Waals surface area contributed by atoms with E-state index in [1.165, 1.54) is 19.1 Å². The van der Waals surface area contributed by atoms with E-state index in [2.05, 4.69) is 0 Å². The molecule has 0 radical (unpaired) electrons. The van der Waals surface area contributed by atoms with E-state index in [1.54, 1.807) is 79.9 Å². The molecule has 3 aromatic carbocycles. The Morgan fingerprint density at radius 2 is 1.48 bits per heavy atom. The average molecular weight is 445 g/mol. The van der Waals surface area contributed by atoms with Crippen LogP contribution in [-0.4, -0.2) is 38.1 Å². The van der Waals surface area contributed by atoms with Crippen LogP contribution in [-0.2, 0) is 9.59 Å². The molecule has 4 rings (SSSR count). The normalized spacial score (nSPS) is 17.2. The molecule has 1 heterocycles. The number of Topliss-reactive ketones (excluding diaryl/α,β-unsaturated/α-hetero) is 1. The van der Waals surface area contributed by atoms with Gasteiger partial charge in [0.05, 0.1) is 32.9 Å². The lowest BCUT2D eigenvalue weighted by Crippen LogP contribution is -2.29. The Morgan fingerprint density at radius 1 is 0.818 bits per heavy atom. The molecule has 3 aromatic rings. The number of ether oxygens (including phenoxy) is 3. The van der Waals surface area contributed by atoms with Gasteiger partial charge in [-0.05, 0) is 42.0 Å². The Kier molecular flexibility index (Phi) is 6.04. The summed E-state index contributed by atoms with van der Waals surface area (Å²) < 4.78 is 16.0. The van der Waals surface area contributed by atoms with Crippen molar-refractivity contribution in [2.24, 2.45) is 0 Å². The molecule has 0 saturated carbocycles. The van der Waals surface area contributed by atoms with Crippen LogP contribution in [0.15, 0.2) is 78.4 Å². The third kappa shape index (κ3) is 3.89. The van der Waals surface area contributed by atoms with Gasteiger partial charge >= 0.3 is 0 Å². The topological polar surface area (TPSA) is 85.3 Å². The van der Waals surface area contributed by atoms with Crippen molar-refractivity contribution >= 4 is 23.1 Å². The number of nitrogens with zero attached hydrogens (tertiary/aromatic N) is 1. The summed E-state index contributed by atoms with van der Waals surface area (Å²) in [4.78, 5) is 27.8. The molecule has 0 bridgehead atoms. The first-order chi connectivity index (χ1) is 16.0. The molecule has 1 saturated heterocycles. The van der Waals surface area contributed by atoms with E-state index in [0.29, 0.717) is 34.1 Å². The molecule has 1 fully saturated rings. The molecule has 0 spiro atoms. The summed E-state index contributed by atoms with van der Waals surface area (Å²) >= 11 is 0. The fraction of sp³-hybridized carbons (Fsp3) is 0.154. The minimum atomic E-state index is -0.876. The highest BCUT2D eigenvalue weighted by molar-refractivity contribution is 6.51. The van der Waals surface area contributed by atoms with Gasteiger partial charge in [0.1, 0.15) is 11.5 Å². The number of anilines is 1. The van der Waals surface area contributed by atoms with Crippen LogP contribution in [0.5, 0.6) is 17.2 Å². The van der Waals surface area contributed by atoms with Gasteiger partial charge in [-0.3, -0.25) is 14.5 Å². The molecule has 0 aliphatic carbocycles. The number of hydrogen-bond donors (Lipinski definition) is 1. The van der Waals surface area contributed by atoms with Crippen molar-refractivity contribution in [1.82, 2.24) is 0 Å². The molecule has 0 aromatic heterocycles. The molecular weight excluding hydrogens is 422 g/mol. The van der Waals surface area contributed by atoms with Crippen molar-refractivity contribution < 1.29 is 28.9 Å². The van der Waals surface area contributed by atoms with Crippen LogP contribution in [0.4, 0.5) is 5.69 Å². The van der Waals surface area contributed by atoms with E-state index in [1.807, 2.05) is 0 Å². The third-order valence-corrected chi connectivity index (χ3v) is 5.57. The lowest BCUT2D eigenvalue weighted by Gasteiger charge is -2.26. The molecule has 1 N–H and O–H groups in total. The Hall–Kier alpha value is -4.26. The van der Waals surface area contributed by atoms with Crippen LogP contribution in [0.3, 0.4) is 0 Å². The van der Waals surface area contributed by atoms with Crippen molar-refractivity contribution in [3.63, 3.8) is 0 Å². The van der Waals surface area contributed by atoms with E-state index in [4.69, 9.17) is 14.2 Å². The van der Waals surface area contributed by atoms with Crippen LogP contribution in [0.2, 0.25) is 0 Å². The summed E-state index contributed by atoms with van der Waals surface area (Å²) in [6, 6.07) is 19.7. The maximum Gasteiger partial charge on any atom is 0.300 e. The van der Waals surface area contributed by atoms with Gasteiger partial charge in [-0.2, -0.15) is 0 Å². The quantitative estimate of drug-likeness (QED) is 0.345. The van der Waals surface area contributed by atoms with E-state index in [9.17, 15) is 14.7 Å². The molecule has 7 nitrogen and oxygen atoms in total. The molecule has 1 aliphatic rings. The number of aliphatic hydroxyl groups is 1. The highest BCUT2D eigenvalue weighted by Crippen LogP contribution is 2.44. The predicted molar refractivity (Wildman–Crippen MR) is 124 cm³/mol. The van der Waals surface area contributed by atoms with Crippen LogP contribution in [0, 0.1) is 0 Å². The smallest absolute Gasteiger partial charge is 0.300 e.